The fourth-order valence-corrected chi connectivity index (χ4v) is 5.23. The van der Waals surface area contributed by atoms with Crippen LogP contribution in [-0.4, -0.2) is 57.4 Å². The molecule has 2 aromatic carbocycles. The van der Waals surface area contributed by atoms with Gasteiger partial charge in [-0.05, 0) is 48.0 Å². The van der Waals surface area contributed by atoms with Crippen molar-refractivity contribution in [2.75, 3.05) is 29.4 Å². The highest BCUT2D eigenvalue weighted by atomic mass is 19.4. The van der Waals surface area contributed by atoms with E-state index in [1.54, 1.807) is 35.4 Å². The number of imidazole rings is 1. The van der Waals surface area contributed by atoms with Crippen molar-refractivity contribution in [2.24, 2.45) is 0 Å². The zero-order valence-electron chi connectivity index (χ0n) is 21.1. The van der Waals surface area contributed by atoms with Gasteiger partial charge >= 0.3 is 18.2 Å². The van der Waals surface area contributed by atoms with Crippen LogP contribution >= 0.6 is 0 Å². The summed E-state index contributed by atoms with van der Waals surface area (Å²) in [6.07, 6.45) is -2.08. The van der Waals surface area contributed by atoms with Crippen LogP contribution < -0.4 is 9.80 Å². The van der Waals surface area contributed by atoms with E-state index in [0.717, 1.165) is 18.0 Å². The lowest BCUT2D eigenvalue weighted by molar-refractivity contribution is -0.138. The highest BCUT2D eigenvalue weighted by molar-refractivity contribution is 5.90. The number of carbonyl (C=O) groups excluding carboxylic acids is 1. The van der Waals surface area contributed by atoms with Gasteiger partial charge < -0.3 is 19.7 Å². The standard InChI is InChI=1S/C28H24F3N5O4/c29-28(30,31)19-4-7-21-22(14-19)34-25(33-21)18-3-8-23(32-15-18)35-11-9-27(10-12-35)16-36(26(39)40-27)20-5-1-17(2-6-20)13-24(37)38/h1-8,14-15H,9-13,16H2,(H,33,34)(H,37,38). The predicted octanol–water partition coefficient (Wildman–Crippen LogP) is 5.27. The molecule has 4 aromatic rings. The van der Waals surface area contributed by atoms with Crippen LogP contribution in [0.1, 0.15) is 24.0 Å². The second-order valence-electron chi connectivity index (χ2n) is 10.1. The topological polar surface area (TPSA) is 112 Å². The number of ether oxygens (including phenoxy) is 1. The number of piperidine rings is 1. The second kappa shape index (κ2) is 9.54. The zero-order valence-corrected chi connectivity index (χ0v) is 21.1. The van der Waals surface area contributed by atoms with Crippen LogP contribution in [0.3, 0.4) is 0 Å². The molecule has 2 saturated heterocycles. The smallest absolute Gasteiger partial charge is 0.416 e. The van der Waals surface area contributed by atoms with E-state index in [-0.39, 0.29) is 11.9 Å². The third-order valence-electron chi connectivity index (χ3n) is 7.40. The number of pyridine rings is 1. The number of nitrogens with zero attached hydrogens (tertiary/aromatic N) is 4. The average Bonchev–Trinajstić information content (AvgIpc) is 3.49. The van der Waals surface area contributed by atoms with E-state index in [1.807, 2.05) is 12.1 Å². The monoisotopic (exact) mass is 551 g/mol. The van der Waals surface area contributed by atoms with Crippen LogP contribution in [0.4, 0.5) is 29.5 Å². The molecular weight excluding hydrogens is 527 g/mol. The first-order chi connectivity index (χ1) is 19.1. The summed E-state index contributed by atoms with van der Waals surface area (Å²) in [4.78, 5) is 39.2. The molecule has 2 N–H and O–H groups in total. The number of nitrogens with one attached hydrogen (secondary N) is 1. The molecule has 1 amide bonds. The first-order valence-electron chi connectivity index (χ1n) is 12.7. The summed E-state index contributed by atoms with van der Waals surface area (Å²) in [6, 6.07) is 13.9. The molecule has 206 valence electrons. The number of H-pyrrole nitrogens is 1. The van der Waals surface area contributed by atoms with E-state index >= 15 is 0 Å². The van der Waals surface area contributed by atoms with E-state index < -0.39 is 29.4 Å². The van der Waals surface area contributed by atoms with Gasteiger partial charge in [-0.15, -0.1) is 0 Å². The maximum Gasteiger partial charge on any atom is 0.416 e. The molecule has 4 heterocycles. The van der Waals surface area contributed by atoms with Gasteiger partial charge in [-0.2, -0.15) is 13.2 Å². The average molecular weight is 552 g/mol. The van der Waals surface area contributed by atoms with Crippen molar-refractivity contribution in [1.29, 1.82) is 0 Å². The summed E-state index contributed by atoms with van der Waals surface area (Å²) < 4.78 is 44.9. The van der Waals surface area contributed by atoms with E-state index in [9.17, 15) is 22.8 Å². The Morgan fingerprint density at radius 1 is 1.07 bits per heavy atom. The summed E-state index contributed by atoms with van der Waals surface area (Å²) in [6.45, 7) is 1.65. The largest absolute Gasteiger partial charge is 0.481 e. The predicted molar refractivity (Wildman–Crippen MR) is 140 cm³/mol. The number of alkyl halides is 3. The Hall–Kier alpha value is -4.61. The van der Waals surface area contributed by atoms with Crippen molar-refractivity contribution < 1.29 is 32.6 Å². The van der Waals surface area contributed by atoms with Crippen molar-refractivity contribution in [3.05, 3.63) is 71.9 Å². The number of hydrogen-bond acceptors (Lipinski definition) is 6. The number of halogens is 3. The summed E-state index contributed by atoms with van der Waals surface area (Å²) in [7, 11) is 0. The van der Waals surface area contributed by atoms with Gasteiger partial charge in [0, 0.05) is 43.4 Å². The van der Waals surface area contributed by atoms with E-state index in [4.69, 9.17) is 9.84 Å². The minimum absolute atomic E-state index is 0.0827. The van der Waals surface area contributed by atoms with Crippen LogP contribution in [-0.2, 0) is 22.1 Å². The number of anilines is 2. The number of fused-ring (bicyclic) bond motifs is 1. The van der Waals surface area contributed by atoms with Gasteiger partial charge in [0.2, 0.25) is 0 Å². The van der Waals surface area contributed by atoms with Gasteiger partial charge in [0.1, 0.15) is 17.2 Å². The normalized spacial score (nSPS) is 17.0. The zero-order chi connectivity index (χ0) is 28.1. The van der Waals surface area contributed by atoms with Crippen LogP contribution in [0.2, 0.25) is 0 Å². The molecule has 0 radical (unpaired) electrons. The Balaban J connectivity index is 1.10. The van der Waals surface area contributed by atoms with Crippen molar-refractivity contribution >= 4 is 34.6 Å². The number of aliphatic carboxylic acids is 1. The first-order valence-corrected chi connectivity index (χ1v) is 12.7. The van der Waals surface area contributed by atoms with Gasteiger partial charge in [-0.1, -0.05) is 12.1 Å². The number of aromatic nitrogens is 3. The summed E-state index contributed by atoms with van der Waals surface area (Å²) in [5.74, 6) is 0.254. The Labute approximate surface area is 226 Å². The molecule has 0 bridgehead atoms. The fourth-order valence-electron chi connectivity index (χ4n) is 5.23. The number of aromatic amines is 1. The third kappa shape index (κ3) is 4.92. The molecule has 0 atom stereocenters. The van der Waals surface area contributed by atoms with E-state index in [1.165, 1.54) is 6.07 Å². The summed E-state index contributed by atoms with van der Waals surface area (Å²) >= 11 is 0. The van der Waals surface area contributed by atoms with E-state index in [2.05, 4.69) is 19.9 Å². The quantitative estimate of drug-likeness (QED) is 0.348. The molecule has 12 heteroatoms. The number of carboxylic acid groups (broad SMARTS) is 1. The lowest BCUT2D eigenvalue weighted by Gasteiger charge is -2.38. The number of carbonyl (C=O) groups is 2. The van der Waals surface area contributed by atoms with Crippen molar-refractivity contribution in [3.8, 4) is 11.4 Å². The molecule has 2 aliphatic heterocycles. The Morgan fingerprint density at radius 3 is 2.48 bits per heavy atom. The number of hydrogen-bond donors (Lipinski definition) is 2. The van der Waals surface area contributed by atoms with Crippen LogP contribution in [0.15, 0.2) is 60.8 Å². The van der Waals surface area contributed by atoms with Crippen molar-refractivity contribution in [1.82, 2.24) is 15.0 Å². The van der Waals surface area contributed by atoms with E-state index in [0.29, 0.717) is 60.6 Å². The van der Waals surface area contributed by atoms with Gasteiger partial charge in [-0.3, -0.25) is 9.69 Å². The molecule has 2 aliphatic rings. The molecule has 1 spiro atoms. The molecule has 0 aliphatic carbocycles. The van der Waals surface area contributed by atoms with Gasteiger partial charge in [0.05, 0.1) is 29.6 Å². The molecular formula is C28H24F3N5O4. The van der Waals surface area contributed by atoms with Gasteiger partial charge in [-0.25, -0.2) is 14.8 Å². The molecule has 2 aromatic heterocycles. The molecule has 6 rings (SSSR count). The first kappa shape index (κ1) is 25.7. The lowest BCUT2D eigenvalue weighted by atomic mass is 9.91. The SMILES string of the molecule is O=C(O)Cc1ccc(N2CC3(CCN(c4ccc(-c5nc6cc(C(F)(F)F)ccc6[nH]5)cn4)CC3)OC2=O)cc1. The molecule has 2 fully saturated rings. The lowest BCUT2D eigenvalue weighted by Crippen LogP contribution is -2.47. The van der Waals surface area contributed by atoms with Crippen molar-refractivity contribution in [2.45, 2.75) is 31.0 Å². The van der Waals surface area contributed by atoms with Crippen LogP contribution in [0, 0.1) is 0 Å². The summed E-state index contributed by atoms with van der Waals surface area (Å²) in [5, 5.41) is 8.95. The summed E-state index contributed by atoms with van der Waals surface area (Å²) in [5.41, 5.74) is 1.33. The number of carboxylic acids is 1. The molecule has 0 saturated carbocycles. The molecule has 0 unspecified atom stereocenters. The second-order valence-corrected chi connectivity index (χ2v) is 10.1. The van der Waals surface area contributed by atoms with Crippen molar-refractivity contribution in [3.63, 3.8) is 0 Å². The highest BCUT2D eigenvalue weighted by Gasteiger charge is 2.47. The van der Waals surface area contributed by atoms with Gasteiger partial charge in [0.15, 0.2) is 0 Å². The minimum Gasteiger partial charge on any atom is -0.481 e. The number of amides is 1. The molecule has 9 nitrogen and oxygen atoms in total. The Morgan fingerprint density at radius 2 is 1.82 bits per heavy atom. The maximum atomic E-state index is 13.0. The maximum absolute atomic E-state index is 13.0. The molecule has 40 heavy (non-hydrogen) atoms. The van der Waals surface area contributed by atoms with Crippen LogP contribution in [0.25, 0.3) is 22.4 Å². The van der Waals surface area contributed by atoms with Gasteiger partial charge in [0.25, 0.3) is 0 Å². The Kier molecular flexibility index (Phi) is 6.12. The minimum atomic E-state index is -4.44. The third-order valence-corrected chi connectivity index (χ3v) is 7.40. The number of rotatable bonds is 5. The Bertz CT molecular complexity index is 1580. The number of benzene rings is 2. The highest BCUT2D eigenvalue weighted by Crippen LogP contribution is 2.37. The van der Waals surface area contributed by atoms with Crippen LogP contribution in [0.5, 0.6) is 0 Å². The fraction of sp³-hybridized carbons (Fsp3) is 0.286.